The summed E-state index contributed by atoms with van der Waals surface area (Å²) in [6.45, 7) is 4.37. The maximum absolute atomic E-state index is 14.1. The van der Waals surface area contributed by atoms with Crippen molar-refractivity contribution in [2.24, 2.45) is 0 Å². The SMILES string of the molecule is CC(=O)c1ccc(N(C(=O)Cn2nnc3ccccc32)[C@@H](C(=O)NC[C@H]2CCCO2)c2ccc(C)cc2)cc1. The first-order chi connectivity index (χ1) is 18.9. The molecule has 9 heteroatoms. The van der Waals surface area contributed by atoms with Crippen LogP contribution in [-0.4, -0.2) is 51.8 Å². The number of para-hydroxylation sites is 1. The van der Waals surface area contributed by atoms with Crippen molar-refractivity contribution in [2.45, 2.75) is 45.4 Å². The largest absolute Gasteiger partial charge is 0.376 e. The number of nitrogens with one attached hydrogen (secondary N) is 1. The number of hydrogen-bond donors (Lipinski definition) is 1. The van der Waals surface area contributed by atoms with E-state index in [0.717, 1.165) is 18.4 Å². The molecule has 0 bridgehead atoms. The zero-order chi connectivity index (χ0) is 27.4. The number of rotatable bonds is 9. The van der Waals surface area contributed by atoms with Gasteiger partial charge >= 0.3 is 0 Å². The van der Waals surface area contributed by atoms with Gasteiger partial charge in [-0.3, -0.25) is 19.3 Å². The third kappa shape index (κ3) is 5.88. The van der Waals surface area contributed by atoms with E-state index in [1.165, 1.54) is 16.5 Å². The summed E-state index contributed by atoms with van der Waals surface area (Å²) >= 11 is 0. The monoisotopic (exact) mass is 525 g/mol. The lowest BCUT2D eigenvalue weighted by Crippen LogP contribution is -2.46. The molecule has 2 atom stereocenters. The second kappa shape index (κ2) is 11.6. The first-order valence-electron chi connectivity index (χ1n) is 13.1. The van der Waals surface area contributed by atoms with Gasteiger partial charge in [-0.05, 0) is 68.7 Å². The van der Waals surface area contributed by atoms with Crippen LogP contribution in [0.5, 0.6) is 0 Å². The molecule has 2 amide bonds. The number of Topliss-reactive ketones (excluding diaryl/α,β-unsaturated/α-hetero) is 1. The summed E-state index contributed by atoms with van der Waals surface area (Å²) in [5, 5.41) is 11.4. The van der Waals surface area contributed by atoms with Crippen LogP contribution in [0.1, 0.15) is 47.3 Å². The Kier molecular flexibility index (Phi) is 7.79. The summed E-state index contributed by atoms with van der Waals surface area (Å²) in [6, 6.07) is 20.7. The molecule has 0 saturated carbocycles. The Balaban J connectivity index is 1.54. The Morgan fingerprint density at radius 1 is 1.05 bits per heavy atom. The van der Waals surface area contributed by atoms with Gasteiger partial charge < -0.3 is 10.1 Å². The average Bonchev–Trinajstić information content (AvgIpc) is 3.61. The molecule has 1 aliphatic heterocycles. The van der Waals surface area contributed by atoms with Crippen LogP contribution in [0.25, 0.3) is 11.0 Å². The molecule has 0 radical (unpaired) electrons. The molecule has 0 spiro atoms. The maximum Gasteiger partial charge on any atom is 0.249 e. The van der Waals surface area contributed by atoms with Crippen LogP contribution in [0.2, 0.25) is 0 Å². The summed E-state index contributed by atoms with van der Waals surface area (Å²) in [4.78, 5) is 41.3. The minimum atomic E-state index is -0.961. The lowest BCUT2D eigenvalue weighted by atomic mass is 10.0. The first kappa shape index (κ1) is 26.2. The first-order valence-corrected chi connectivity index (χ1v) is 13.1. The smallest absolute Gasteiger partial charge is 0.249 e. The van der Waals surface area contributed by atoms with Crippen molar-refractivity contribution in [1.29, 1.82) is 0 Å². The number of carbonyl (C=O) groups is 3. The summed E-state index contributed by atoms with van der Waals surface area (Å²) in [5.41, 5.74) is 4.10. The number of nitrogens with zero attached hydrogens (tertiary/aromatic N) is 4. The van der Waals surface area contributed by atoms with Crippen molar-refractivity contribution < 1.29 is 19.1 Å². The third-order valence-electron chi connectivity index (χ3n) is 6.95. The quantitative estimate of drug-likeness (QED) is 0.331. The van der Waals surface area contributed by atoms with E-state index in [-0.39, 0.29) is 30.2 Å². The molecule has 1 N–H and O–H groups in total. The van der Waals surface area contributed by atoms with E-state index >= 15 is 0 Å². The number of carbonyl (C=O) groups excluding carboxylic acids is 3. The van der Waals surface area contributed by atoms with E-state index in [4.69, 9.17) is 4.74 Å². The van der Waals surface area contributed by atoms with Gasteiger partial charge in [0.25, 0.3) is 0 Å². The molecule has 1 saturated heterocycles. The highest BCUT2D eigenvalue weighted by Crippen LogP contribution is 2.30. The molecule has 3 aromatic carbocycles. The molecule has 5 rings (SSSR count). The fraction of sp³-hybridized carbons (Fsp3) is 0.300. The summed E-state index contributed by atoms with van der Waals surface area (Å²) in [6.07, 6.45) is 1.79. The van der Waals surface area contributed by atoms with Crippen molar-refractivity contribution in [2.75, 3.05) is 18.1 Å². The Labute approximate surface area is 226 Å². The van der Waals surface area contributed by atoms with E-state index in [1.807, 2.05) is 55.5 Å². The van der Waals surface area contributed by atoms with Crippen LogP contribution in [0, 0.1) is 6.92 Å². The summed E-state index contributed by atoms with van der Waals surface area (Å²) < 4.78 is 7.23. The standard InChI is InChI=1S/C30H31N5O4/c1-20-9-11-23(12-10-20)29(30(38)31-18-25-6-5-17-39-25)35(24-15-13-22(14-16-24)21(2)36)28(37)19-34-27-8-4-3-7-26(27)32-33-34/h3-4,7-16,25,29H,5-6,17-19H2,1-2H3,(H,31,38)/t25-,29-/m1/s1. The van der Waals surface area contributed by atoms with E-state index in [2.05, 4.69) is 15.6 Å². The molecule has 9 nitrogen and oxygen atoms in total. The molecule has 0 unspecified atom stereocenters. The number of benzene rings is 3. The third-order valence-corrected chi connectivity index (χ3v) is 6.95. The number of ketones is 1. The fourth-order valence-electron chi connectivity index (χ4n) is 4.82. The van der Waals surface area contributed by atoms with Crippen molar-refractivity contribution in [3.05, 3.63) is 89.5 Å². The highest BCUT2D eigenvalue weighted by atomic mass is 16.5. The predicted molar refractivity (Wildman–Crippen MR) is 147 cm³/mol. The van der Waals surface area contributed by atoms with Gasteiger partial charge in [-0.25, -0.2) is 4.68 Å². The summed E-state index contributed by atoms with van der Waals surface area (Å²) in [5.74, 6) is -0.751. The Bertz CT molecular complexity index is 1470. The molecular formula is C30H31N5O4. The van der Waals surface area contributed by atoms with Gasteiger partial charge in [0, 0.05) is 24.4 Å². The average molecular weight is 526 g/mol. The van der Waals surface area contributed by atoms with E-state index < -0.39 is 6.04 Å². The number of aryl methyl sites for hydroxylation is 1. The highest BCUT2D eigenvalue weighted by Gasteiger charge is 2.34. The zero-order valence-corrected chi connectivity index (χ0v) is 22.0. The van der Waals surface area contributed by atoms with Crippen LogP contribution in [0.15, 0.2) is 72.8 Å². The van der Waals surface area contributed by atoms with Gasteiger partial charge in [-0.2, -0.15) is 0 Å². The van der Waals surface area contributed by atoms with Crippen molar-refractivity contribution in [3.63, 3.8) is 0 Å². The molecule has 0 aliphatic carbocycles. The number of amides is 2. The molecular weight excluding hydrogens is 494 g/mol. The number of hydrogen-bond acceptors (Lipinski definition) is 6. The number of fused-ring (bicyclic) bond motifs is 1. The minimum absolute atomic E-state index is 0.0480. The molecule has 1 fully saturated rings. The second-order valence-corrected chi connectivity index (χ2v) is 9.80. The van der Waals surface area contributed by atoms with Gasteiger partial charge in [0.1, 0.15) is 18.1 Å². The predicted octanol–water partition coefficient (Wildman–Crippen LogP) is 4.01. The lowest BCUT2D eigenvalue weighted by Gasteiger charge is -2.32. The Morgan fingerprint density at radius 2 is 1.79 bits per heavy atom. The lowest BCUT2D eigenvalue weighted by molar-refractivity contribution is -0.127. The van der Waals surface area contributed by atoms with Gasteiger partial charge in [0.05, 0.1) is 11.6 Å². The van der Waals surface area contributed by atoms with Crippen molar-refractivity contribution >= 4 is 34.3 Å². The zero-order valence-electron chi connectivity index (χ0n) is 22.0. The minimum Gasteiger partial charge on any atom is -0.376 e. The van der Waals surface area contributed by atoms with Crippen LogP contribution in [0.4, 0.5) is 5.69 Å². The van der Waals surface area contributed by atoms with Crippen LogP contribution in [0.3, 0.4) is 0 Å². The van der Waals surface area contributed by atoms with E-state index in [0.29, 0.717) is 41.0 Å². The van der Waals surface area contributed by atoms with Crippen LogP contribution >= 0.6 is 0 Å². The normalized spacial score (nSPS) is 15.7. The number of ether oxygens (including phenoxy) is 1. The van der Waals surface area contributed by atoms with Crippen molar-refractivity contribution in [3.8, 4) is 0 Å². The molecule has 1 aromatic heterocycles. The van der Waals surface area contributed by atoms with Gasteiger partial charge in [-0.15, -0.1) is 5.10 Å². The molecule has 4 aromatic rings. The van der Waals surface area contributed by atoms with Gasteiger partial charge in [-0.1, -0.05) is 47.2 Å². The van der Waals surface area contributed by atoms with Crippen LogP contribution in [-0.2, 0) is 20.9 Å². The molecule has 200 valence electrons. The fourth-order valence-corrected chi connectivity index (χ4v) is 4.82. The molecule has 1 aliphatic rings. The summed E-state index contributed by atoms with van der Waals surface area (Å²) in [7, 11) is 0. The maximum atomic E-state index is 14.1. The second-order valence-electron chi connectivity index (χ2n) is 9.80. The topological polar surface area (TPSA) is 106 Å². The van der Waals surface area contributed by atoms with E-state index in [9.17, 15) is 14.4 Å². The molecule has 2 heterocycles. The van der Waals surface area contributed by atoms with Gasteiger partial charge in [0.2, 0.25) is 11.8 Å². The van der Waals surface area contributed by atoms with E-state index in [1.54, 1.807) is 24.3 Å². The highest BCUT2D eigenvalue weighted by molar-refractivity contribution is 6.02. The number of aromatic nitrogens is 3. The Hall–Kier alpha value is -4.37. The number of anilines is 1. The Morgan fingerprint density at radius 3 is 2.49 bits per heavy atom. The molecule has 39 heavy (non-hydrogen) atoms. The van der Waals surface area contributed by atoms with Gasteiger partial charge in [0.15, 0.2) is 5.78 Å². The van der Waals surface area contributed by atoms with Crippen molar-refractivity contribution in [1.82, 2.24) is 20.3 Å². The van der Waals surface area contributed by atoms with Crippen LogP contribution < -0.4 is 10.2 Å².